The molecule has 0 bridgehead atoms. The van der Waals surface area contributed by atoms with E-state index in [1.807, 2.05) is 0 Å². The standard InChI is InChI=1S/C21H40O2/c1-18(2,3)15-21(9,19(4,5)6)17(22)23-20(7,8)16-13-11-10-12-14-16/h16H,10-15H2,1-9H3. The molecule has 23 heavy (non-hydrogen) atoms. The zero-order valence-corrected chi connectivity index (χ0v) is 17.1. The molecule has 0 spiro atoms. The molecule has 136 valence electrons. The second kappa shape index (κ2) is 6.76. The van der Waals surface area contributed by atoms with Gasteiger partial charge in [-0.25, -0.2) is 0 Å². The van der Waals surface area contributed by atoms with Crippen LogP contribution in [0, 0.1) is 22.2 Å². The molecule has 0 aromatic rings. The number of ether oxygens (including phenoxy) is 1. The Kier molecular flexibility index (Phi) is 6.03. The molecule has 1 aliphatic rings. The summed E-state index contributed by atoms with van der Waals surface area (Å²) in [5, 5.41) is 0. The molecule has 0 N–H and O–H groups in total. The Morgan fingerprint density at radius 2 is 1.35 bits per heavy atom. The summed E-state index contributed by atoms with van der Waals surface area (Å²) in [5.74, 6) is 0.481. The predicted octanol–water partition coefficient (Wildman–Crippen LogP) is 6.38. The fourth-order valence-electron chi connectivity index (χ4n) is 3.94. The summed E-state index contributed by atoms with van der Waals surface area (Å²) >= 11 is 0. The number of rotatable bonds is 4. The topological polar surface area (TPSA) is 26.3 Å². The zero-order valence-electron chi connectivity index (χ0n) is 17.1. The van der Waals surface area contributed by atoms with Gasteiger partial charge in [-0.15, -0.1) is 0 Å². The normalized spacial score (nSPS) is 20.9. The first-order valence-corrected chi connectivity index (χ1v) is 9.42. The highest BCUT2D eigenvalue weighted by atomic mass is 16.6. The maximum Gasteiger partial charge on any atom is 0.312 e. The van der Waals surface area contributed by atoms with Gasteiger partial charge in [0.05, 0.1) is 5.41 Å². The first-order valence-electron chi connectivity index (χ1n) is 9.42. The highest BCUT2D eigenvalue weighted by Crippen LogP contribution is 2.48. The van der Waals surface area contributed by atoms with E-state index in [1.54, 1.807) is 0 Å². The minimum absolute atomic E-state index is 0.0181. The van der Waals surface area contributed by atoms with Crippen LogP contribution in [0.4, 0.5) is 0 Å². The minimum atomic E-state index is -0.475. The third-order valence-electron chi connectivity index (χ3n) is 5.93. The second-order valence-corrected chi connectivity index (χ2v) is 10.6. The third kappa shape index (κ3) is 5.22. The summed E-state index contributed by atoms with van der Waals surface area (Å²) in [4.78, 5) is 13.2. The van der Waals surface area contributed by atoms with E-state index in [-0.39, 0.29) is 22.4 Å². The molecular weight excluding hydrogens is 284 g/mol. The first kappa shape index (κ1) is 20.5. The van der Waals surface area contributed by atoms with Crippen LogP contribution in [0.3, 0.4) is 0 Å². The Labute approximate surface area is 144 Å². The van der Waals surface area contributed by atoms with Gasteiger partial charge in [-0.3, -0.25) is 4.79 Å². The molecule has 1 atom stereocenters. The lowest BCUT2D eigenvalue weighted by atomic mass is 9.61. The summed E-state index contributed by atoms with van der Waals surface area (Å²) in [7, 11) is 0. The molecule has 0 amide bonds. The Bertz CT molecular complexity index is 403. The molecule has 1 aliphatic carbocycles. The average molecular weight is 325 g/mol. The lowest BCUT2D eigenvalue weighted by Crippen LogP contribution is -2.48. The highest BCUT2D eigenvalue weighted by molar-refractivity contribution is 5.78. The van der Waals surface area contributed by atoms with Crippen molar-refractivity contribution in [1.82, 2.24) is 0 Å². The van der Waals surface area contributed by atoms with Gasteiger partial charge >= 0.3 is 5.97 Å². The lowest BCUT2D eigenvalue weighted by Gasteiger charge is -2.46. The molecule has 2 heteroatoms. The molecule has 0 aliphatic heterocycles. The molecule has 1 unspecified atom stereocenters. The summed E-state index contributed by atoms with van der Waals surface area (Å²) in [6, 6.07) is 0. The van der Waals surface area contributed by atoms with E-state index < -0.39 is 5.41 Å². The Balaban J connectivity index is 2.97. The molecule has 0 heterocycles. The van der Waals surface area contributed by atoms with Crippen LogP contribution in [0.1, 0.15) is 101 Å². The molecular formula is C21H40O2. The number of hydrogen-bond acceptors (Lipinski definition) is 2. The van der Waals surface area contributed by atoms with Gasteiger partial charge in [-0.1, -0.05) is 60.8 Å². The van der Waals surface area contributed by atoms with E-state index in [9.17, 15) is 4.79 Å². The fraction of sp³-hybridized carbons (Fsp3) is 0.952. The largest absolute Gasteiger partial charge is 0.459 e. The maximum absolute atomic E-state index is 13.2. The monoisotopic (exact) mass is 324 g/mol. The van der Waals surface area contributed by atoms with Gasteiger partial charge < -0.3 is 4.74 Å². The molecule has 0 saturated heterocycles. The average Bonchev–Trinajstić information content (AvgIpc) is 2.35. The van der Waals surface area contributed by atoms with Crippen molar-refractivity contribution in [2.75, 3.05) is 0 Å². The number of hydrogen-bond donors (Lipinski definition) is 0. The smallest absolute Gasteiger partial charge is 0.312 e. The number of carbonyl (C=O) groups is 1. The van der Waals surface area contributed by atoms with Crippen molar-refractivity contribution in [2.24, 2.45) is 22.2 Å². The molecule has 0 aromatic carbocycles. The predicted molar refractivity (Wildman–Crippen MR) is 98.4 cm³/mol. The Morgan fingerprint density at radius 3 is 1.74 bits per heavy atom. The number of esters is 1. The van der Waals surface area contributed by atoms with E-state index in [4.69, 9.17) is 4.74 Å². The molecule has 0 radical (unpaired) electrons. The van der Waals surface area contributed by atoms with Crippen LogP contribution in [0.25, 0.3) is 0 Å². The summed E-state index contributed by atoms with van der Waals surface area (Å²) < 4.78 is 6.18. The lowest BCUT2D eigenvalue weighted by molar-refractivity contribution is -0.184. The maximum atomic E-state index is 13.2. The number of carbonyl (C=O) groups excluding carboxylic acids is 1. The van der Waals surface area contributed by atoms with Gasteiger partial charge in [0, 0.05) is 0 Å². The Hall–Kier alpha value is -0.530. The van der Waals surface area contributed by atoms with Crippen molar-refractivity contribution in [3.8, 4) is 0 Å². The van der Waals surface area contributed by atoms with Crippen LogP contribution in [0.15, 0.2) is 0 Å². The SMILES string of the molecule is CC(C)(C)CC(C)(C(=O)OC(C)(C)C1CCCCC1)C(C)(C)C. The van der Waals surface area contributed by atoms with E-state index in [1.165, 1.54) is 32.1 Å². The van der Waals surface area contributed by atoms with Crippen molar-refractivity contribution < 1.29 is 9.53 Å². The molecule has 2 nitrogen and oxygen atoms in total. The van der Waals surface area contributed by atoms with E-state index in [0.29, 0.717) is 5.92 Å². The van der Waals surface area contributed by atoms with Crippen LogP contribution in [-0.4, -0.2) is 11.6 Å². The quantitative estimate of drug-likeness (QED) is 0.561. The van der Waals surface area contributed by atoms with Crippen molar-refractivity contribution in [3.05, 3.63) is 0 Å². The molecule has 1 rings (SSSR count). The van der Waals surface area contributed by atoms with Gasteiger partial charge in [0.2, 0.25) is 0 Å². The van der Waals surface area contributed by atoms with Crippen molar-refractivity contribution in [3.63, 3.8) is 0 Å². The minimum Gasteiger partial charge on any atom is -0.459 e. The van der Waals surface area contributed by atoms with Gasteiger partial charge in [-0.2, -0.15) is 0 Å². The molecule has 0 aromatic heterocycles. The van der Waals surface area contributed by atoms with E-state index in [0.717, 1.165) is 6.42 Å². The summed E-state index contributed by atoms with van der Waals surface area (Å²) in [6.07, 6.45) is 7.07. The van der Waals surface area contributed by atoms with Crippen LogP contribution >= 0.6 is 0 Å². The van der Waals surface area contributed by atoms with Crippen molar-refractivity contribution in [1.29, 1.82) is 0 Å². The van der Waals surface area contributed by atoms with Crippen molar-refractivity contribution in [2.45, 2.75) is 106 Å². The fourth-order valence-corrected chi connectivity index (χ4v) is 3.94. The Morgan fingerprint density at radius 1 is 0.870 bits per heavy atom. The van der Waals surface area contributed by atoms with Gasteiger partial charge in [0.25, 0.3) is 0 Å². The summed E-state index contributed by atoms with van der Waals surface area (Å²) in [6.45, 7) is 19.4. The van der Waals surface area contributed by atoms with Crippen LogP contribution in [0.2, 0.25) is 0 Å². The first-order chi connectivity index (χ1) is 10.2. The molecule has 1 fully saturated rings. The van der Waals surface area contributed by atoms with Crippen LogP contribution in [0.5, 0.6) is 0 Å². The van der Waals surface area contributed by atoms with Gasteiger partial charge in [0.1, 0.15) is 5.60 Å². The van der Waals surface area contributed by atoms with Crippen LogP contribution in [-0.2, 0) is 9.53 Å². The van der Waals surface area contributed by atoms with Crippen molar-refractivity contribution >= 4 is 5.97 Å². The third-order valence-corrected chi connectivity index (χ3v) is 5.93. The van der Waals surface area contributed by atoms with Crippen LogP contribution < -0.4 is 0 Å². The highest BCUT2D eigenvalue weighted by Gasteiger charge is 2.49. The molecule has 1 saturated carbocycles. The van der Waals surface area contributed by atoms with Gasteiger partial charge in [-0.05, 0) is 56.8 Å². The van der Waals surface area contributed by atoms with Gasteiger partial charge in [0.15, 0.2) is 0 Å². The summed E-state index contributed by atoms with van der Waals surface area (Å²) in [5.41, 5.74) is -0.866. The van der Waals surface area contributed by atoms with E-state index >= 15 is 0 Å². The second-order valence-electron chi connectivity index (χ2n) is 10.6. The zero-order chi connectivity index (χ0) is 18.1. The van der Waals surface area contributed by atoms with E-state index in [2.05, 4.69) is 62.3 Å².